The Morgan fingerprint density at radius 1 is 1.13 bits per heavy atom. The molecule has 0 fully saturated rings. The maximum absolute atomic E-state index is 12.4. The number of nitrogens with zero attached hydrogens (tertiary/aromatic N) is 1. The average molecular weight is 414 g/mol. The van der Waals surface area contributed by atoms with Crippen molar-refractivity contribution in [2.24, 2.45) is 5.92 Å². The summed E-state index contributed by atoms with van der Waals surface area (Å²) in [6, 6.07) is 11.3. The summed E-state index contributed by atoms with van der Waals surface area (Å²) in [7, 11) is 1.34. The number of amides is 1. The first-order chi connectivity index (χ1) is 14.3. The molecule has 8 nitrogen and oxygen atoms in total. The van der Waals surface area contributed by atoms with Crippen LogP contribution in [0.4, 0.5) is 5.69 Å². The Kier molecular flexibility index (Phi) is 7.91. The van der Waals surface area contributed by atoms with Gasteiger partial charge in [0.2, 0.25) is 0 Å². The molecule has 1 amide bonds. The van der Waals surface area contributed by atoms with E-state index in [4.69, 9.17) is 9.47 Å². The number of non-ortho nitro benzene ring substituents is 1. The van der Waals surface area contributed by atoms with Crippen molar-refractivity contribution in [3.8, 4) is 5.75 Å². The molecule has 0 spiro atoms. The van der Waals surface area contributed by atoms with Gasteiger partial charge in [0, 0.05) is 12.1 Å². The Labute approximate surface area is 175 Å². The molecule has 30 heavy (non-hydrogen) atoms. The van der Waals surface area contributed by atoms with Crippen molar-refractivity contribution < 1.29 is 24.0 Å². The lowest BCUT2D eigenvalue weighted by atomic mass is 9.95. The molecule has 0 saturated carbocycles. The number of nitro benzene ring substituents is 1. The Hall–Kier alpha value is -3.42. The number of rotatable bonds is 9. The van der Waals surface area contributed by atoms with Crippen LogP contribution in [-0.4, -0.2) is 30.5 Å². The number of aryl methyl sites for hydroxylation is 1. The van der Waals surface area contributed by atoms with Gasteiger partial charge >= 0.3 is 5.97 Å². The second-order valence-corrected chi connectivity index (χ2v) is 7.10. The molecule has 0 aliphatic rings. The molecule has 0 bridgehead atoms. The number of methoxy groups -OCH3 is 1. The van der Waals surface area contributed by atoms with Gasteiger partial charge < -0.3 is 14.8 Å². The average Bonchev–Trinajstić information content (AvgIpc) is 2.75. The van der Waals surface area contributed by atoms with Gasteiger partial charge in [-0.15, -0.1) is 0 Å². The van der Waals surface area contributed by atoms with Gasteiger partial charge in [-0.2, -0.15) is 0 Å². The Bertz CT molecular complexity index is 908. The highest BCUT2D eigenvalue weighted by Crippen LogP contribution is 2.25. The van der Waals surface area contributed by atoms with E-state index in [2.05, 4.69) is 12.2 Å². The van der Waals surface area contributed by atoms with Crippen LogP contribution in [0.15, 0.2) is 42.5 Å². The second-order valence-electron chi connectivity index (χ2n) is 7.10. The number of ether oxygens (including phenoxy) is 2. The fourth-order valence-corrected chi connectivity index (χ4v) is 2.99. The molecule has 2 rings (SSSR count). The zero-order valence-corrected chi connectivity index (χ0v) is 17.5. The zero-order valence-electron chi connectivity index (χ0n) is 17.5. The highest BCUT2D eigenvalue weighted by atomic mass is 16.6. The maximum Gasteiger partial charge on any atom is 0.342 e. The van der Waals surface area contributed by atoms with Crippen LogP contribution in [0.2, 0.25) is 0 Å². The molecule has 0 aliphatic heterocycles. The molecule has 1 atom stereocenters. The summed E-state index contributed by atoms with van der Waals surface area (Å²) in [4.78, 5) is 35.1. The number of esters is 1. The minimum atomic E-state index is -0.876. The molecule has 2 aromatic rings. The highest BCUT2D eigenvalue weighted by Gasteiger charge is 2.22. The van der Waals surface area contributed by atoms with E-state index >= 15 is 0 Å². The number of nitrogens with one attached hydrogen (secondary N) is 1. The van der Waals surface area contributed by atoms with Crippen molar-refractivity contribution in [3.63, 3.8) is 0 Å². The number of hydrogen-bond acceptors (Lipinski definition) is 6. The van der Waals surface area contributed by atoms with E-state index in [-0.39, 0.29) is 29.0 Å². The molecule has 0 unspecified atom stereocenters. The Morgan fingerprint density at radius 3 is 2.33 bits per heavy atom. The summed E-state index contributed by atoms with van der Waals surface area (Å²) < 4.78 is 10.1. The van der Waals surface area contributed by atoms with E-state index in [1.54, 1.807) is 0 Å². The van der Waals surface area contributed by atoms with E-state index in [1.807, 2.05) is 38.1 Å². The van der Waals surface area contributed by atoms with Crippen LogP contribution >= 0.6 is 0 Å². The van der Waals surface area contributed by atoms with Gasteiger partial charge in [-0.05, 0) is 29.5 Å². The fourth-order valence-electron chi connectivity index (χ4n) is 2.99. The van der Waals surface area contributed by atoms with Crippen LogP contribution in [-0.2, 0) is 16.0 Å². The van der Waals surface area contributed by atoms with Crippen molar-refractivity contribution in [1.29, 1.82) is 0 Å². The van der Waals surface area contributed by atoms with Gasteiger partial charge in [-0.25, -0.2) is 4.79 Å². The third kappa shape index (κ3) is 5.79. The van der Waals surface area contributed by atoms with Gasteiger partial charge in [-0.3, -0.25) is 14.9 Å². The first kappa shape index (κ1) is 22.9. The molecule has 0 radical (unpaired) electrons. The smallest absolute Gasteiger partial charge is 0.342 e. The molecule has 160 valence electrons. The van der Waals surface area contributed by atoms with Crippen LogP contribution in [0.5, 0.6) is 5.75 Å². The third-order valence-electron chi connectivity index (χ3n) is 4.68. The van der Waals surface area contributed by atoms with E-state index in [1.165, 1.54) is 24.8 Å². The standard InChI is InChI=1S/C22H26N2O6/c1-5-15-6-8-16(9-7-15)21(14(2)3)23-20(25)13-30-22(26)18-12-17(24(27)28)10-11-19(18)29-4/h6-12,14,21H,5,13H2,1-4H3,(H,23,25)/t21-/m1/s1. The largest absolute Gasteiger partial charge is 0.496 e. The summed E-state index contributed by atoms with van der Waals surface area (Å²) in [5.41, 5.74) is 1.77. The summed E-state index contributed by atoms with van der Waals surface area (Å²) in [5.74, 6) is -1.10. The minimum absolute atomic E-state index is 0.116. The van der Waals surface area contributed by atoms with E-state index < -0.39 is 23.4 Å². The SMILES string of the molecule is CCc1ccc([C@H](NC(=O)COC(=O)c2cc([N+](=O)[O-])ccc2OC)C(C)C)cc1. The van der Waals surface area contributed by atoms with E-state index in [0.717, 1.165) is 18.1 Å². The summed E-state index contributed by atoms with van der Waals surface area (Å²) in [6.45, 7) is 5.53. The quantitative estimate of drug-likeness (QED) is 0.379. The van der Waals surface area contributed by atoms with Crippen molar-refractivity contribution in [3.05, 3.63) is 69.3 Å². The molecule has 0 aromatic heterocycles. The first-order valence-electron chi connectivity index (χ1n) is 9.64. The lowest BCUT2D eigenvalue weighted by molar-refractivity contribution is -0.384. The molecule has 8 heteroatoms. The number of nitro groups is 1. The maximum atomic E-state index is 12.4. The summed E-state index contributed by atoms with van der Waals surface area (Å²) in [6.07, 6.45) is 0.927. The van der Waals surface area contributed by atoms with Crippen molar-refractivity contribution in [1.82, 2.24) is 5.32 Å². The van der Waals surface area contributed by atoms with E-state index in [9.17, 15) is 19.7 Å². The van der Waals surface area contributed by atoms with Crippen LogP contribution in [0.1, 0.15) is 48.3 Å². The van der Waals surface area contributed by atoms with Gasteiger partial charge in [0.1, 0.15) is 11.3 Å². The molecule has 2 aromatic carbocycles. The predicted octanol–water partition coefficient (Wildman–Crippen LogP) is 3.84. The monoisotopic (exact) mass is 414 g/mol. The zero-order chi connectivity index (χ0) is 22.3. The minimum Gasteiger partial charge on any atom is -0.496 e. The van der Waals surface area contributed by atoms with Crippen LogP contribution in [0.25, 0.3) is 0 Å². The fraction of sp³-hybridized carbons (Fsp3) is 0.364. The number of hydrogen-bond donors (Lipinski definition) is 1. The summed E-state index contributed by atoms with van der Waals surface area (Å²) in [5, 5.41) is 13.8. The topological polar surface area (TPSA) is 108 Å². The second kappa shape index (κ2) is 10.4. The van der Waals surface area contributed by atoms with Crippen LogP contribution < -0.4 is 10.1 Å². The normalized spacial score (nSPS) is 11.6. The molecule has 0 heterocycles. The van der Waals surface area contributed by atoms with Gasteiger partial charge in [0.25, 0.3) is 11.6 Å². The van der Waals surface area contributed by atoms with Crippen LogP contribution in [0.3, 0.4) is 0 Å². The molecule has 0 aliphatic carbocycles. The Balaban J connectivity index is 2.05. The van der Waals surface area contributed by atoms with Gasteiger partial charge in [0.15, 0.2) is 6.61 Å². The van der Waals surface area contributed by atoms with Crippen molar-refractivity contribution >= 4 is 17.6 Å². The van der Waals surface area contributed by atoms with Crippen LogP contribution in [0, 0.1) is 16.0 Å². The molecular weight excluding hydrogens is 388 g/mol. The third-order valence-corrected chi connectivity index (χ3v) is 4.68. The number of benzene rings is 2. The number of carbonyl (C=O) groups excluding carboxylic acids is 2. The number of carbonyl (C=O) groups is 2. The van der Waals surface area contributed by atoms with Gasteiger partial charge in [-0.1, -0.05) is 45.0 Å². The van der Waals surface area contributed by atoms with Crippen molar-refractivity contribution in [2.45, 2.75) is 33.2 Å². The molecular formula is C22H26N2O6. The molecule has 0 saturated heterocycles. The molecule has 1 N–H and O–H groups in total. The van der Waals surface area contributed by atoms with Gasteiger partial charge in [0.05, 0.1) is 18.1 Å². The van der Waals surface area contributed by atoms with Crippen molar-refractivity contribution in [2.75, 3.05) is 13.7 Å². The predicted molar refractivity (Wildman–Crippen MR) is 111 cm³/mol. The highest BCUT2D eigenvalue weighted by molar-refractivity contribution is 5.94. The first-order valence-corrected chi connectivity index (χ1v) is 9.64. The lowest BCUT2D eigenvalue weighted by Gasteiger charge is -2.23. The lowest BCUT2D eigenvalue weighted by Crippen LogP contribution is -2.35. The summed E-state index contributed by atoms with van der Waals surface area (Å²) >= 11 is 0. The van der Waals surface area contributed by atoms with E-state index in [0.29, 0.717) is 0 Å². The Morgan fingerprint density at radius 2 is 1.80 bits per heavy atom.